The van der Waals surface area contributed by atoms with Crippen LogP contribution in [0.3, 0.4) is 0 Å². The van der Waals surface area contributed by atoms with Crippen molar-refractivity contribution < 1.29 is 9.47 Å². The summed E-state index contributed by atoms with van der Waals surface area (Å²) < 4.78 is 11.9. The molecule has 0 spiro atoms. The van der Waals surface area contributed by atoms with Crippen molar-refractivity contribution in [2.75, 3.05) is 19.0 Å². The molecule has 136 valence electrons. The van der Waals surface area contributed by atoms with Crippen LogP contribution in [0, 0.1) is 0 Å². The zero-order chi connectivity index (χ0) is 18.6. The fourth-order valence-electron chi connectivity index (χ4n) is 2.77. The van der Waals surface area contributed by atoms with E-state index in [2.05, 4.69) is 27.4 Å². The Morgan fingerprint density at radius 2 is 1.81 bits per heavy atom. The summed E-state index contributed by atoms with van der Waals surface area (Å²) in [5.74, 6) is 1.61. The number of ether oxygens (including phenoxy) is 2. The second-order valence-corrected chi connectivity index (χ2v) is 6.93. The van der Waals surface area contributed by atoms with Crippen LogP contribution in [0.1, 0.15) is 6.92 Å². The van der Waals surface area contributed by atoms with Crippen LogP contribution in [0.4, 0.5) is 10.8 Å². The Balaban J connectivity index is 1.58. The molecule has 2 aromatic heterocycles. The van der Waals surface area contributed by atoms with Gasteiger partial charge in [0.1, 0.15) is 11.5 Å². The molecule has 0 atom stereocenters. The molecule has 0 unspecified atom stereocenters. The van der Waals surface area contributed by atoms with Crippen LogP contribution in [0.25, 0.3) is 21.3 Å². The highest BCUT2D eigenvalue weighted by Gasteiger charge is 2.07. The highest BCUT2D eigenvalue weighted by Crippen LogP contribution is 2.32. The molecular formula is C21H19N3O2S. The third-order valence-corrected chi connectivity index (χ3v) is 5.02. The van der Waals surface area contributed by atoms with Crippen molar-refractivity contribution in [2.45, 2.75) is 6.92 Å². The van der Waals surface area contributed by atoms with Crippen LogP contribution >= 0.6 is 11.3 Å². The van der Waals surface area contributed by atoms with E-state index in [1.54, 1.807) is 24.6 Å². The van der Waals surface area contributed by atoms with Gasteiger partial charge in [0.25, 0.3) is 0 Å². The second kappa shape index (κ2) is 7.63. The Hall–Kier alpha value is -3.12. The third-order valence-electron chi connectivity index (χ3n) is 4.09. The lowest BCUT2D eigenvalue weighted by Crippen LogP contribution is -1.92. The van der Waals surface area contributed by atoms with Crippen LogP contribution in [0.5, 0.6) is 11.5 Å². The first kappa shape index (κ1) is 17.3. The number of thiazole rings is 1. The number of methoxy groups -OCH3 is 1. The SMILES string of the molecule is CCOc1ccc(Nc2nc3ccc(-c4cncc(OC)c4)cc3s2)cc1. The molecule has 6 heteroatoms. The van der Waals surface area contributed by atoms with E-state index in [-0.39, 0.29) is 0 Å². The van der Waals surface area contributed by atoms with Gasteiger partial charge in [-0.2, -0.15) is 0 Å². The molecular weight excluding hydrogens is 358 g/mol. The zero-order valence-electron chi connectivity index (χ0n) is 15.1. The molecule has 2 aromatic carbocycles. The quantitative estimate of drug-likeness (QED) is 0.480. The van der Waals surface area contributed by atoms with Crippen molar-refractivity contribution in [3.8, 4) is 22.6 Å². The van der Waals surface area contributed by atoms with Crippen molar-refractivity contribution in [1.29, 1.82) is 0 Å². The second-order valence-electron chi connectivity index (χ2n) is 5.90. The zero-order valence-corrected chi connectivity index (χ0v) is 15.9. The number of fused-ring (bicyclic) bond motifs is 1. The number of anilines is 2. The van der Waals surface area contributed by atoms with Crippen LogP contribution < -0.4 is 14.8 Å². The molecule has 1 N–H and O–H groups in total. The summed E-state index contributed by atoms with van der Waals surface area (Å²) in [5, 5.41) is 4.22. The van der Waals surface area contributed by atoms with Crippen LogP contribution in [-0.4, -0.2) is 23.7 Å². The molecule has 27 heavy (non-hydrogen) atoms. The standard InChI is InChI=1S/C21H19N3O2S/c1-3-26-17-7-5-16(6-8-17)23-21-24-19-9-4-14(11-20(19)27-21)15-10-18(25-2)13-22-12-15/h4-13H,3H2,1-2H3,(H,23,24). The highest BCUT2D eigenvalue weighted by molar-refractivity contribution is 7.22. The van der Waals surface area contributed by atoms with Crippen LogP contribution in [0.15, 0.2) is 60.9 Å². The maximum Gasteiger partial charge on any atom is 0.188 e. The van der Waals surface area contributed by atoms with Gasteiger partial charge in [-0.25, -0.2) is 4.98 Å². The number of nitrogens with zero attached hydrogens (tertiary/aromatic N) is 2. The largest absolute Gasteiger partial charge is 0.495 e. The molecule has 5 nitrogen and oxygen atoms in total. The summed E-state index contributed by atoms with van der Waals surface area (Å²) in [4.78, 5) is 8.90. The summed E-state index contributed by atoms with van der Waals surface area (Å²) in [6.45, 7) is 2.64. The van der Waals surface area contributed by atoms with Gasteiger partial charge in [-0.1, -0.05) is 17.4 Å². The van der Waals surface area contributed by atoms with Crippen molar-refractivity contribution >= 4 is 32.4 Å². The highest BCUT2D eigenvalue weighted by atomic mass is 32.1. The van der Waals surface area contributed by atoms with Crippen LogP contribution in [0.2, 0.25) is 0 Å². The van der Waals surface area contributed by atoms with Gasteiger partial charge in [0.05, 0.1) is 30.1 Å². The summed E-state index contributed by atoms with van der Waals surface area (Å²) in [7, 11) is 1.64. The molecule has 0 aliphatic heterocycles. The first-order chi connectivity index (χ1) is 13.2. The maximum absolute atomic E-state index is 5.48. The van der Waals surface area contributed by atoms with Gasteiger partial charge in [0.2, 0.25) is 0 Å². The molecule has 0 amide bonds. The molecule has 0 aliphatic carbocycles. The summed E-state index contributed by atoms with van der Waals surface area (Å²) >= 11 is 1.62. The van der Waals surface area contributed by atoms with Gasteiger partial charge in [-0.3, -0.25) is 4.98 Å². The first-order valence-electron chi connectivity index (χ1n) is 8.65. The van der Waals surface area contributed by atoms with E-state index in [4.69, 9.17) is 9.47 Å². The molecule has 4 rings (SSSR count). The van der Waals surface area contributed by atoms with Crippen LogP contribution in [-0.2, 0) is 0 Å². The molecule has 0 fully saturated rings. The first-order valence-corrected chi connectivity index (χ1v) is 9.46. The fourth-order valence-corrected chi connectivity index (χ4v) is 3.70. The number of nitrogens with one attached hydrogen (secondary N) is 1. The number of rotatable bonds is 6. The van der Waals surface area contributed by atoms with E-state index >= 15 is 0 Å². The Morgan fingerprint density at radius 3 is 2.59 bits per heavy atom. The summed E-state index contributed by atoms with van der Waals surface area (Å²) in [6.07, 6.45) is 3.54. The molecule has 0 radical (unpaired) electrons. The van der Waals surface area contributed by atoms with E-state index < -0.39 is 0 Å². The van der Waals surface area contributed by atoms with Crippen molar-refractivity contribution in [1.82, 2.24) is 9.97 Å². The molecule has 0 saturated heterocycles. The van der Waals surface area contributed by atoms with E-state index in [0.717, 1.165) is 43.7 Å². The average Bonchev–Trinajstić information content (AvgIpc) is 3.11. The molecule has 2 heterocycles. The van der Waals surface area contributed by atoms with Crippen molar-refractivity contribution in [3.05, 3.63) is 60.9 Å². The van der Waals surface area contributed by atoms with E-state index in [1.165, 1.54) is 0 Å². The lowest BCUT2D eigenvalue weighted by atomic mass is 10.1. The third kappa shape index (κ3) is 3.85. The minimum atomic E-state index is 0.662. The number of pyridine rings is 1. The summed E-state index contributed by atoms with van der Waals surface area (Å²) in [5.41, 5.74) is 4.05. The Kier molecular flexibility index (Phi) is 4.89. The molecule has 0 bridgehead atoms. The van der Waals surface area contributed by atoms with Gasteiger partial charge in [-0.15, -0.1) is 0 Å². The van der Waals surface area contributed by atoms with Crippen molar-refractivity contribution in [2.24, 2.45) is 0 Å². The van der Waals surface area contributed by atoms with E-state index in [9.17, 15) is 0 Å². The van der Waals surface area contributed by atoms with E-state index in [1.807, 2.05) is 49.5 Å². The number of aromatic nitrogens is 2. The normalized spacial score (nSPS) is 10.7. The average molecular weight is 377 g/mol. The van der Waals surface area contributed by atoms with Gasteiger partial charge in [0, 0.05) is 17.4 Å². The number of benzene rings is 2. The predicted octanol–water partition coefficient (Wildman–Crippen LogP) is 5.51. The number of hydrogen-bond acceptors (Lipinski definition) is 6. The minimum absolute atomic E-state index is 0.662. The molecule has 4 aromatic rings. The Labute approximate surface area is 161 Å². The van der Waals surface area contributed by atoms with Gasteiger partial charge in [-0.05, 0) is 55.0 Å². The fraction of sp³-hybridized carbons (Fsp3) is 0.143. The number of hydrogen-bond donors (Lipinski definition) is 1. The van der Waals surface area contributed by atoms with E-state index in [0.29, 0.717) is 6.61 Å². The topological polar surface area (TPSA) is 56.3 Å². The smallest absolute Gasteiger partial charge is 0.188 e. The maximum atomic E-state index is 5.48. The van der Waals surface area contributed by atoms with Gasteiger partial charge >= 0.3 is 0 Å². The van der Waals surface area contributed by atoms with Crippen molar-refractivity contribution in [3.63, 3.8) is 0 Å². The Morgan fingerprint density at radius 1 is 0.963 bits per heavy atom. The monoisotopic (exact) mass is 377 g/mol. The van der Waals surface area contributed by atoms with Gasteiger partial charge in [0.15, 0.2) is 5.13 Å². The lowest BCUT2D eigenvalue weighted by Gasteiger charge is -2.05. The Bertz CT molecular complexity index is 1060. The minimum Gasteiger partial charge on any atom is -0.495 e. The predicted molar refractivity (Wildman–Crippen MR) is 110 cm³/mol. The molecule has 0 aliphatic rings. The summed E-state index contributed by atoms with van der Waals surface area (Å²) in [6, 6.07) is 16.1. The van der Waals surface area contributed by atoms with Gasteiger partial charge < -0.3 is 14.8 Å². The molecule has 0 saturated carbocycles. The lowest BCUT2D eigenvalue weighted by molar-refractivity contribution is 0.340.